The molecule has 2 rings (SSSR count). The first kappa shape index (κ1) is 27.9. The Balaban J connectivity index is 0.000000320. The minimum absolute atomic E-state index is 0.0133. The normalized spacial score (nSPS) is 12.9. The lowest BCUT2D eigenvalue weighted by Gasteiger charge is -2.12. The molecule has 0 saturated carbocycles. The number of benzene rings is 2. The van der Waals surface area contributed by atoms with Crippen molar-refractivity contribution in [3.05, 3.63) is 59.7 Å². The number of carbonyl (C=O) groups excluding carboxylic acids is 1. The number of rotatable bonds is 8. The van der Waals surface area contributed by atoms with Crippen molar-refractivity contribution < 1.29 is 26.7 Å². The van der Waals surface area contributed by atoms with Crippen LogP contribution in [-0.4, -0.2) is 70.6 Å². The summed E-state index contributed by atoms with van der Waals surface area (Å²) < 4.78 is 49.6. The van der Waals surface area contributed by atoms with Crippen LogP contribution >= 0.6 is 0 Å². The Morgan fingerprint density at radius 3 is 1.62 bits per heavy atom. The van der Waals surface area contributed by atoms with E-state index in [0.717, 1.165) is 15.4 Å². The van der Waals surface area contributed by atoms with Crippen molar-refractivity contribution in [3.63, 3.8) is 0 Å². The van der Waals surface area contributed by atoms with Gasteiger partial charge >= 0.3 is 0 Å². The summed E-state index contributed by atoms with van der Waals surface area (Å²) in [4.78, 5) is 11.4. The monoisotopic (exact) mass is 484 g/mol. The van der Waals surface area contributed by atoms with Crippen molar-refractivity contribution >= 4 is 25.8 Å². The summed E-state index contributed by atoms with van der Waals surface area (Å²) in [6.45, 7) is 3.15. The molecule has 1 atom stereocenters. The van der Waals surface area contributed by atoms with Gasteiger partial charge in [0.15, 0.2) is 0 Å². The van der Waals surface area contributed by atoms with Gasteiger partial charge < -0.3 is 5.11 Å². The van der Waals surface area contributed by atoms with E-state index in [2.05, 4.69) is 0 Å². The van der Waals surface area contributed by atoms with Crippen LogP contribution in [0.15, 0.2) is 58.3 Å². The second-order valence-electron chi connectivity index (χ2n) is 7.80. The molecule has 0 amide bonds. The maximum Gasteiger partial charge on any atom is 0.242 e. The Kier molecular flexibility index (Phi) is 10.2. The van der Waals surface area contributed by atoms with Crippen LogP contribution in [0.5, 0.6) is 0 Å². The SMILES string of the molecule is CC(=O)Cc1cccc(S(=O)(=O)N(C)C)c1.CC(O)Cc1cccc(S(=O)(=O)N(C)C)c1. The Morgan fingerprint density at radius 1 is 0.844 bits per heavy atom. The minimum Gasteiger partial charge on any atom is -0.393 e. The summed E-state index contributed by atoms with van der Waals surface area (Å²) in [5, 5.41) is 9.25. The topological polar surface area (TPSA) is 112 Å². The zero-order valence-electron chi connectivity index (χ0n) is 19.3. The summed E-state index contributed by atoms with van der Waals surface area (Å²) in [6.07, 6.45) is 0.241. The van der Waals surface area contributed by atoms with Gasteiger partial charge in [-0.25, -0.2) is 25.4 Å². The molecule has 0 bridgehead atoms. The van der Waals surface area contributed by atoms with Crippen molar-refractivity contribution in [2.24, 2.45) is 0 Å². The van der Waals surface area contributed by atoms with Gasteiger partial charge in [-0.1, -0.05) is 24.3 Å². The molecule has 0 heterocycles. The molecular weight excluding hydrogens is 452 g/mol. The number of hydrogen-bond donors (Lipinski definition) is 1. The summed E-state index contributed by atoms with van der Waals surface area (Å²) >= 11 is 0. The molecule has 0 aliphatic rings. The third kappa shape index (κ3) is 8.10. The minimum atomic E-state index is -3.41. The highest BCUT2D eigenvalue weighted by molar-refractivity contribution is 7.89. The Bertz CT molecular complexity index is 1120. The third-order valence-electron chi connectivity index (χ3n) is 4.34. The molecule has 0 radical (unpaired) electrons. The molecule has 0 aliphatic carbocycles. The van der Waals surface area contributed by atoms with Gasteiger partial charge in [-0.15, -0.1) is 0 Å². The fourth-order valence-corrected chi connectivity index (χ4v) is 4.64. The Labute approximate surface area is 191 Å². The molecule has 32 heavy (non-hydrogen) atoms. The highest BCUT2D eigenvalue weighted by Gasteiger charge is 2.18. The first-order valence-electron chi connectivity index (χ1n) is 9.88. The fourth-order valence-electron chi connectivity index (χ4n) is 2.70. The van der Waals surface area contributed by atoms with E-state index in [-0.39, 0.29) is 22.0 Å². The summed E-state index contributed by atoms with van der Waals surface area (Å²) in [5.74, 6) is 0.0133. The van der Waals surface area contributed by atoms with E-state index < -0.39 is 26.2 Å². The molecule has 0 aliphatic heterocycles. The van der Waals surface area contributed by atoms with Gasteiger partial charge in [0.1, 0.15) is 5.78 Å². The van der Waals surface area contributed by atoms with Gasteiger partial charge in [0, 0.05) is 34.6 Å². The average molecular weight is 485 g/mol. The maximum atomic E-state index is 11.8. The first-order chi connectivity index (χ1) is 14.7. The number of aliphatic hydroxyl groups excluding tert-OH is 1. The van der Waals surface area contributed by atoms with Crippen LogP contribution < -0.4 is 0 Å². The van der Waals surface area contributed by atoms with Crippen molar-refractivity contribution in [2.45, 2.75) is 42.6 Å². The Hall–Kier alpha value is -2.11. The predicted molar refractivity (Wildman–Crippen MR) is 124 cm³/mol. The first-order valence-corrected chi connectivity index (χ1v) is 12.8. The van der Waals surface area contributed by atoms with Gasteiger partial charge in [-0.05, 0) is 55.7 Å². The number of sulfonamides is 2. The van der Waals surface area contributed by atoms with E-state index >= 15 is 0 Å². The molecular formula is C22H32N2O6S2. The average Bonchev–Trinajstić information content (AvgIpc) is 2.67. The lowest BCUT2D eigenvalue weighted by atomic mass is 10.1. The van der Waals surface area contributed by atoms with Gasteiger partial charge in [-0.3, -0.25) is 4.79 Å². The number of hydrogen-bond acceptors (Lipinski definition) is 6. The standard InChI is InChI=1S/C11H17NO3S.C11H15NO3S/c2*1-9(13)7-10-5-4-6-11(8-10)16(14,15)12(2)3/h4-6,8-9,13H,7H2,1-3H3;4-6,8H,7H2,1-3H3. The fraction of sp³-hybridized carbons (Fsp3) is 0.409. The summed E-state index contributed by atoms with van der Waals surface area (Å²) in [7, 11) is -0.845. The van der Waals surface area contributed by atoms with E-state index in [4.69, 9.17) is 0 Å². The van der Waals surface area contributed by atoms with Crippen molar-refractivity contribution in [2.75, 3.05) is 28.2 Å². The largest absolute Gasteiger partial charge is 0.393 e. The zero-order valence-corrected chi connectivity index (χ0v) is 20.9. The van der Waals surface area contributed by atoms with Crippen LogP contribution in [0.2, 0.25) is 0 Å². The Morgan fingerprint density at radius 2 is 1.25 bits per heavy atom. The molecule has 8 nitrogen and oxygen atoms in total. The smallest absolute Gasteiger partial charge is 0.242 e. The number of nitrogens with zero attached hydrogens (tertiary/aromatic N) is 2. The molecule has 0 saturated heterocycles. The molecule has 0 spiro atoms. The number of aliphatic hydroxyl groups is 1. The van der Waals surface area contributed by atoms with Crippen LogP contribution in [0.25, 0.3) is 0 Å². The van der Waals surface area contributed by atoms with Crippen molar-refractivity contribution in [1.82, 2.24) is 8.61 Å². The third-order valence-corrected chi connectivity index (χ3v) is 7.96. The lowest BCUT2D eigenvalue weighted by molar-refractivity contribution is -0.116. The van der Waals surface area contributed by atoms with E-state index in [1.54, 1.807) is 43.3 Å². The molecule has 0 aromatic heterocycles. The number of carbonyl (C=O) groups is 1. The van der Waals surface area contributed by atoms with Crippen molar-refractivity contribution in [1.29, 1.82) is 0 Å². The maximum absolute atomic E-state index is 11.8. The molecule has 178 valence electrons. The summed E-state index contributed by atoms with van der Waals surface area (Å²) in [6, 6.07) is 13.1. The van der Waals surface area contributed by atoms with Crippen LogP contribution in [0.1, 0.15) is 25.0 Å². The number of Topliss-reactive ketones (excluding diaryl/α,β-unsaturated/α-hetero) is 1. The quantitative estimate of drug-likeness (QED) is 0.613. The van der Waals surface area contributed by atoms with Crippen LogP contribution in [0, 0.1) is 0 Å². The van der Waals surface area contributed by atoms with E-state index in [0.29, 0.717) is 6.42 Å². The summed E-state index contributed by atoms with van der Waals surface area (Å²) in [5.41, 5.74) is 1.54. The van der Waals surface area contributed by atoms with Gasteiger partial charge in [-0.2, -0.15) is 0 Å². The van der Waals surface area contributed by atoms with Gasteiger partial charge in [0.25, 0.3) is 0 Å². The predicted octanol–water partition coefficient (Wildman–Crippen LogP) is 1.93. The molecule has 2 aromatic rings. The lowest BCUT2D eigenvalue weighted by Crippen LogP contribution is -2.22. The second-order valence-corrected chi connectivity index (χ2v) is 12.1. The van der Waals surface area contributed by atoms with Crippen LogP contribution in [0.3, 0.4) is 0 Å². The molecule has 1 unspecified atom stereocenters. The molecule has 10 heteroatoms. The highest BCUT2D eigenvalue weighted by atomic mass is 32.2. The number of ketones is 1. The zero-order chi connectivity index (χ0) is 24.7. The van der Waals surface area contributed by atoms with E-state index in [1.165, 1.54) is 51.6 Å². The van der Waals surface area contributed by atoms with Gasteiger partial charge in [0.05, 0.1) is 15.9 Å². The molecule has 1 N–H and O–H groups in total. The van der Waals surface area contributed by atoms with Crippen molar-refractivity contribution in [3.8, 4) is 0 Å². The van der Waals surface area contributed by atoms with Crippen LogP contribution in [-0.2, 0) is 37.7 Å². The molecule has 0 fully saturated rings. The van der Waals surface area contributed by atoms with E-state index in [1.807, 2.05) is 0 Å². The molecule has 2 aromatic carbocycles. The van der Waals surface area contributed by atoms with Crippen LogP contribution in [0.4, 0.5) is 0 Å². The highest BCUT2D eigenvalue weighted by Crippen LogP contribution is 2.16. The second kappa shape index (κ2) is 11.7. The van der Waals surface area contributed by atoms with Gasteiger partial charge in [0.2, 0.25) is 20.0 Å². The van der Waals surface area contributed by atoms with E-state index in [9.17, 15) is 26.7 Å².